The molecule has 3 N–H and O–H groups in total. The number of aromatic carboxylic acids is 1. The van der Waals surface area contributed by atoms with Gasteiger partial charge < -0.3 is 14.9 Å². The van der Waals surface area contributed by atoms with Gasteiger partial charge >= 0.3 is 5.97 Å². The molecule has 0 heterocycles. The molecule has 0 aromatic heterocycles. The van der Waals surface area contributed by atoms with Crippen LogP contribution in [0.4, 0.5) is 0 Å². The summed E-state index contributed by atoms with van der Waals surface area (Å²) >= 11 is 0. The van der Waals surface area contributed by atoms with Gasteiger partial charge in [0.1, 0.15) is 11.3 Å². The van der Waals surface area contributed by atoms with E-state index in [1.54, 1.807) is 0 Å². The maximum atomic E-state index is 12.0. The Hall–Kier alpha value is -1.64. The molecule has 0 bridgehead atoms. The molecule has 0 radical (unpaired) electrons. The quantitative estimate of drug-likeness (QED) is 0.590. The first kappa shape index (κ1) is 17.4. The number of aromatic hydroxyl groups is 1. The second-order valence-corrected chi connectivity index (χ2v) is 6.11. The highest BCUT2D eigenvalue weighted by Gasteiger charge is 2.18. The number of unbranched alkanes of at least 4 members (excludes halogenated alkanes) is 1. The number of carboxylic acids is 1. The number of sulfonamides is 1. The van der Waals surface area contributed by atoms with Crippen molar-refractivity contribution in [1.82, 2.24) is 4.72 Å². The summed E-state index contributed by atoms with van der Waals surface area (Å²) in [6, 6.07) is 3.09. The molecule has 0 atom stereocenters. The minimum Gasteiger partial charge on any atom is -0.507 e. The van der Waals surface area contributed by atoms with Crippen molar-refractivity contribution in [2.75, 3.05) is 19.8 Å². The van der Waals surface area contributed by atoms with E-state index in [1.807, 2.05) is 6.92 Å². The van der Waals surface area contributed by atoms with Gasteiger partial charge in [0, 0.05) is 13.2 Å². The standard InChI is InChI=1S/C13H19NO6S/c1-2-3-7-20-8-6-14-21(18,19)10-4-5-12(15)11(9-10)13(16)17/h4-5,9,14-15H,2-3,6-8H2,1H3,(H,16,17). The van der Waals surface area contributed by atoms with E-state index in [1.165, 1.54) is 0 Å². The summed E-state index contributed by atoms with van der Waals surface area (Å²) in [6.07, 6.45) is 1.91. The summed E-state index contributed by atoms with van der Waals surface area (Å²) in [5, 5.41) is 18.2. The van der Waals surface area contributed by atoms with Crippen molar-refractivity contribution in [1.29, 1.82) is 0 Å². The largest absolute Gasteiger partial charge is 0.507 e. The summed E-state index contributed by atoms with van der Waals surface area (Å²) in [5.74, 6) is -1.88. The number of phenols is 1. The van der Waals surface area contributed by atoms with Gasteiger partial charge in [-0.2, -0.15) is 0 Å². The second-order valence-electron chi connectivity index (χ2n) is 4.35. The minimum absolute atomic E-state index is 0.0926. The Balaban J connectivity index is 2.66. The van der Waals surface area contributed by atoms with Crippen LogP contribution >= 0.6 is 0 Å². The fraction of sp³-hybridized carbons (Fsp3) is 0.462. The summed E-state index contributed by atoms with van der Waals surface area (Å²) in [6.45, 7) is 2.93. The van der Waals surface area contributed by atoms with Gasteiger partial charge in [0.05, 0.1) is 11.5 Å². The lowest BCUT2D eigenvalue weighted by Gasteiger charge is -2.08. The van der Waals surface area contributed by atoms with E-state index in [0.29, 0.717) is 6.61 Å². The average molecular weight is 317 g/mol. The van der Waals surface area contributed by atoms with E-state index in [4.69, 9.17) is 9.84 Å². The number of benzene rings is 1. The monoisotopic (exact) mass is 317 g/mol. The van der Waals surface area contributed by atoms with E-state index in [2.05, 4.69) is 4.72 Å². The van der Waals surface area contributed by atoms with Crippen LogP contribution in [0.1, 0.15) is 30.1 Å². The molecule has 118 valence electrons. The number of carbonyl (C=O) groups is 1. The van der Waals surface area contributed by atoms with E-state index >= 15 is 0 Å². The first-order valence-electron chi connectivity index (χ1n) is 6.52. The minimum atomic E-state index is -3.83. The third-order valence-corrected chi connectivity index (χ3v) is 4.15. The van der Waals surface area contributed by atoms with Crippen LogP contribution in [0.15, 0.2) is 23.1 Å². The topological polar surface area (TPSA) is 113 Å². The van der Waals surface area contributed by atoms with Gasteiger partial charge in [-0.15, -0.1) is 0 Å². The predicted molar refractivity (Wildman–Crippen MR) is 76.0 cm³/mol. The van der Waals surface area contributed by atoms with Crippen LogP contribution in [0, 0.1) is 0 Å². The van der Waals surface area contributed by atoms with E-state index in [-0.39, 0.29) is 18.0 Å². The van der Waals surface area contributed by atoms with Crippen molar-refractivity contribution in [2.24, 2.45) is 0 Å². The van der Waals surface area contributed by atoms with Gasteiger partial charge in [0.2, 0.25) is 10.0 Å². The summed E-state index contributed by atoms with van der Waals surface area (Å²) in [7, 11) is -3.83. The SMILES string of the molecule is CCCCOCCNS(=O)(=O)c1ccc(O)c(C(=O)O)c1. The van der Waals surface area contributed by atoms with Crippen molar-refractivity contribution in [3.05, 3.63) is 23.8 Å². The van der Waals surface area contributed by atoms with Crippen LogP contribution in [0.5, 0.6) is 5.75 Å². The molecule has 0 aliphatic rings. The number of rotatable bonds is 9. The van der Waals surface area contributed by atoms with Crippen molar-refractivity contribution in [3.63, 3.8) is 0 Å². The Morgan fingerprint density at radius 1 is 1.33 bits per heavy atom. The van der Waals surface area contributed by atoms with Crippen LogP contribution in [-0.4, -0.2) is 44.4 Å². The van der Waals surface area contributed by atoms with Gasteiger partial charge in [0.15, 0.2) is 0 Å². The van der Waals surface area contributed by atoms with Crippen LogP contribution in [-0.2, 0) is 14.8 Å². The molecule has 0 unspecified atom stereocenters. The fourth-order valence-corrected chi connectivity index (χ4v) is 2.57. The molecular formula is C13H19NO6S. The molecule has 0 aliphatic carbocycles. The molecule has 0 amide bonds. The van der Waals surface area contributed by atoms with Gasteiger partial charge in [-0.1, -0.05) is 13.3 Å². The summed E-state index contributed by atoms with van der Waals surface area (Å²) < 4.78 is 31.5. The first-order valence-corrected chi connectivity index (χ1v) is 8.00. The molecule has 7 nitrogen and oxygen atoms in total. The Labute approximate surface area is 123 Å². The van der Waals surface area contributed by atoms with Crippen molar-refractivity contribution in [2.45, 2.75) is 24.7 Å². The number of ether oxygens (including phenoxy) is 1. The highest BCUT2D eigenvalue weighted by Crippen LogP contribution is 2.21. The van der Waals surface area contributed by atoms with Crippen molar-refractivity contribution >= 4 is 16.0 Å². The summed E-state index contributed by atoms with van der Waals surface area (Å²) in [5.41, 5.74) is -0.461. The average Bonchev–Trinajstić information content (AvgIpc) is 2.42. The molecule has 8 heteroatoms. The normalized spacial score (nSPS) is 11.5. The maximum absolute atomic E-state index is 12.0. The fourth-order valence-electron chi connectivity index (χ4n) is 1.53. The molecule has 0 saturated heterocycles. The zero-order valence-electron chi connectivity index (χ0n) is 11.7. The molecular weight excluding hydrogens is 298 g/mol. The third-order valence-electron chi connectivity index (χ3n) is 2.69. The molecule has 0 fully saturated rings. The lowest BCUT2D eigenvalue weighted by atomic mass is 10.2. The lowest BCUT2D eigenvalue weighted by molar-refractivity contribution is 0.0693. The third kappa shape index (κ3) is 5.33. The Morgan fingerprint density at radius 2 is 2.05 bits per heavy atom. The van der Waals surface area contributed by atoms with Gasteiger partial charge in [-0.05, 0) is 24.6 Å². The van der Waals surface area contributed by atoms with Crippen molar-refractivity contribution in [3.8, 4) is 5.75 Å². The molecule has 0 spiro atoms. The van der Waals surface area contributed by atoms with Gasteiger partial charge in [0.25, 0.3) is 0 Å². The second kappa shape index (κ2) is 7.96. The lowest BCUT2D eigenvalue weighted by Crippen LogP contribution is -2.27. The number of nitrogens with one attached hydrogen (secondary N) is 1. The van der Waals surface area contributed by atoms with Crippen LogP contribution < -0.4 is 4.72 Å². The Kier molecular flexibility index (Phi) is 6.60. The van der Waals surface area contributed by atoms with Crippen molar-refractivity contribution < 1.29 is 28.2 Å². The molecule has 1 aromatic carbocycles. The Morgan fingerprint density at radius 3 is 2.67 bits per heavy atom. The van der Waals surface area contributed by atoms with E-state index in [0.717, 1.165) is 31.0 Å². The Bertz CT molecular complexity index is 584. The smallest absolute Gasteiger partial charge is 0.339 e. The van der Waals surface area contributed by atoms with E-state index in [9.17, 15) is 18.3 Å². The van der Waals surface area contributed by atoms with Gasteiger partial charge in [-0.3, -0.25) is 0 Å². The molecule has 1 aromatic rings. The highest BCUT2D eigenvalue weighted by atomic mass is 32.2. The molecule has 21 heavy (non-hydrogen) atoms. The summed E-state index contributed by atoms with van der Waals surface area (Å²) in [4.78, 5) is 10.7. The number of carboxylic acid groups (broad SMARTS) is 1. The first-order chi connectivity index (χ1) is 9.88. The highest BCUT2D eigenvalue weighted by molar-refractivity contribution is 7.89. The van der Waals surface area contributed by atoms with Gasteiger partial charge in [-0.25, -0.2) is 17.9 Å². The number of hydrogen-bond acceptors (Lipinski definition) is 5. The van der Waals surface area contributed by atoms with Crippen LogP contribution in [0.3, 0.4) is 0 Å². The number of hydrogen-bond donors (Lipinski definition) is 3. The molecule has 0 saturated carbocycles. The van der Waals surface area contributed by atoms with E-state index < -0.39 is 27.3 Å². The zero-order chi connectivity index (χ0) is 15.9. The molecule has 1 rings (SSSR count). The maximum Gasteiger partial charge on any atom is 0.339 e. The van der Waals surface area contributed by atoms with Crippen LogP contribution in [0.2, 0.25) is 0 Å². The van der Waals surface area contributed by atoms with Crippen LogP contribution in [0.25, 0.3) is 0 Å². The molecule has 0 aliphatic heterocycles. The zero-order valence-corrected chi connectivity index (χ0v) is 12.5. The predicted octanol–water partition coefficient (Wildman–Crippen LogP) is 1.19.